The second-order valence-corrected chi connectivity index (χ2v) is 56.0. The summed E-state index contributed by atoms with van der Waals surface area (Å²) in [6.45, 7) is -0.386. The summed E-state index contributed by atoms with van der Waals surface area (Å²) >= 11 is 16.8. The van der Waals surface area contributed by atoms with Crippen LogP contribution in [0, 0.1) is 19.6 Å². The van der Waals surface area contributed by atoms with E-state index in [1.54, 1.807) is 48.5 Å². The van der Waals surface area contributed by atoms with Crippen LogP contribution < -0.4 is 11.1 Å². The van der Waals surface area contributed by atoms with Gasteiger partial charge in [-0.2, -0.15) is 5.10 Å². The van der Waals surface area contributed by atoms with Gasteiger partial charge in [0.15, 0.2) is 4.77 Å². The number of nitrogens with one attached hydrogen (secondary N) is 3. The SMILES string of the molecule is O=C1c2ccccc2C(=O)N1Cc1n[nH]c(=S)[nH]c1=O.O=C1c2ccccc2C(=O)N1Cc1nnc[nH]c1=O.[CH3-].[CH3-].[I][V]([I])[I].[I][V][I]. The van der Waals surface area contributed by atoms with E-state index in [-0.39, 0.29) is 49.0 Å². The third-order valence-electron chi connectivity index (χ3n) is 5.85. The fraction of sp³-hybridized carbons (Fsp3) is 0.0769. The molecular weight excluding hydrogens is 1290 g/mol. The van der Waals surface area contributed by atoms with Crippen LogP contribution >= 0.6 is 112 Å². The summed E-state index contributed by atoms with van der Waals surface area (Å²) in [4.78, 5) is 77.9. The Morgan fingerprint density at radius 3 is 1.44 bits per heavy atom. The van der Waals surface area contributed by atoms with Crippen molar-refractivity contribution >= 4 is 136 Å². The van der Waals surface area contributed by atoms with Crippen LogP contribution in [-0.2, 0) is 27.5 Å². The first-order valence-corrected chi connectivity index (χ1v) is 35.0. The fourth-order valence-electron chi connectivity index (χ4n) is 3.96. The summed E-state index contributed by atoms with van der Waals surface area (Å²) in [6, 6.07) is 13.0. The van der Waals surface area contributed by atoms with E-state index in [0.29, 0.717) is 31.7 Å². The van der Waals surface area contributed by atoms with E-state index in [2.05, 4.69) is 130 Å². The summed E-state index contributed by atoms with van der Waals surface area (Å²) < 4.78 is 0.0844. The molecule has 4 amide bonds. The van der Waals surface area contributed by atoms with E-state index in [1.807, 2.05) is 0 Å². The van der Waals surface area contributed by atoms with Crippen LogP contribution in [-0.4, -0.2) is 63.8 Å². The second-order valence-electron chi connectivity index (χ2n) is 8.46. The molecule has 0 saturated heterocycles. The molecule has 4 aromatic rings. The van der Waals surface area contributed by atoms with Crippen LogP contribution in [0.5, 0.6) is 0 Å². The Bertz CT molecular complexity index is 1870. The molecule has 2 aliphatic rings. The number of nitrogens with zero attached hydrogens (tertiary/aromatic N) is 5. The van der Waals surface area contributed by atoms with Crippen molar-refractivity contribution in [3.63, 3.8) is 0 Å². The van der Waals surface area contributed by atoms with Crippen molar-refractivity contribution in [2.24, 2.45) is 0 Å². The van der Waals surface area contributed by atoms with E-state index in [1.165, 1.54) is 0 Å². The number of amides is 4. The van der Waals surface area contributed by atoms with Crippen LogP contribution in [0.25, 0.3) is 0 Å². The molecule has 2 aromatic carbocycles. The van der Waals surface area contributed by atoms with Crippen LogP contribution in [0.1, 0.15) is 52.8 Å². The van der Waals surface area contributed by atoms with Gasteiger partial charge in [-0.15, -0.1) is 10.2 Å². The maximum absolute atomic E-state index is 12.1. The zero-order chi connectivity index (χ0) is 34.0. The number of benzene rings is 2. The molecule has 22 heteroatoms. The Balaban J connectivity index is 0.000000389. The molecule has 14 nitrogen and oxygen atoms in total. The molecule has 0 fully saturated rings. The summed E-state index contributed by atoms with van der Waals surface area (Å²) in [5.41, 5.74) is 0.401. The van der Waals surface area contributed by atoms with Gasteiger partial charge in [0.2, 0.25) is 0 Å². The maximum atomic E-state index is 12.1. The van der Waals surface area contributed by atoms with Crippen LogP contribution in [0.15, 0.2) is 64.4 Å². The molecule has 0 spiro atoms. The van der Waals surface area contributed by atoms with Gasteiger partial charge in [0.25, 0.3) is 34.7 Å². The molecular formula is C26H22I5N8O6SV2-2. The molecule has 3 N–H and O–H groups in total. The van der Waals surface area contributed by atoms with E-state index in [9.17, 15) is 28.8 Å². The number of H-pyrrole nitrogens is 3. The molecule has 255 valence electrons. The van der Waals surface area contributed by atoms with Crippen molar-refractivity contribution in [1.82, 2.24) is 40.2 Å². The molecule has 4 heterocycles. The number of rotatable bonds is 4. The first kappa shape index (κ1) is 45.4. The van der Waals surface area contributed by atoms with Crippen molar-refractivity contribution in [2.45, 2.75) is 13.1 Å². The van der Waals surface area contributed by atoms with Crippen molar-refractivity contribution in [2.75, 3.05) is 0 Å². The molecule has 2 aromatic heterocycles. The molecule has 0 saturated carbocycles. The predicted molar refractivity (Wildman–Crippen MR) is 217 cm³/mol. The summed E-state index contributed by atoms with van der Waals surface area (Å²) in [7, 11) is 0.628. The number of fused-ring (bicyclic) bond motifs is 2. The normalized spacial score (nSPS) is 12.2. The van der Waals surface area contributed by atoms with Gasteiger partial charge in [-0.25, -0.2) is 0 Å². The average molecular weight is 1310 g/mol. The Labute approximate surface area is 346 Å². The molecule has 0 unspecified atom stereocenters. The van der Waals surface area contributed by atoms with E-state index >= 15 is 0 Å². The van der Waals surface area contributed by atoms with Gasteiger partial charge >= 0.3 is 114 Å². The third-order valence-corrected chi connectivity index (χ3v) is 6.04. The second kappa shape index (κ2) is 22.3. The van der Waals surface area contributed by atoms with Gasteiger partial charge in [0.05, 0.1) is 35.3 Å². The zero-order valence-electron chi connectivity index (χ0n) is 24.5. The molecule has 0 aliphatic carbocycles. The Kier molecular flexibility index (Phi) is 21.1. The fourth-order valence-corrected chi connectivity index (χ4v) is 4.10. The van der Waals surface area contributed by atoms with Gasteiger partial charge in [0.1, 0.15) is 17.7 Å². The molecule has 0 atom stereocenters. The molecule has 48 heavy (non-hydrogen) atoms. The topological polar surface area (TPSA) is 195 Å². The van der Waals surface area contributed by atoms with Crippen LogP contribution in [0.4, 0.5) is 0 Å². The monoisotopic (exact) mass is 1310 g/mol. The van der Waals surface area contributed by atoms with Gasteiger partial charge < -0.3 is 19.8 Å². The van der Waals surface area contributed by atoms with E-state index < -0.39 is 34.7 Å². The van der Waals surface area contributed by atoms with E-state index in [0.717, 1.165) is 16.1 Å². The summed E-state index contributed by atoms with van der Waals surface area (Å²) in [5.74, 6) is -1.72. The standard InChI is InChI=1S/C12H8N4O3S.C12H8N4O3.2CH3.5HI.2V/c17-9-8(14-15-12(20)13-9)5-16-10(18)6-3-1-2-4-7(6)11(16)19;17-10-9(15-14-6-13-10)5-16-11(18)7-3-1-2-4-8(7)12(16)19;;;;;;;;;/h1-4H,5H2,(H2,13,15,17,20);1-4,6H,5H2,(H,13,14,17);2*1H3;5*1H;;/q;;2*-1;;;;;;+2;+3/p-5. The minimum atomic E-state index is -0.523. The van der Waals surface area contributed by atoms with Gasteiger partial charge in [-0.1, -0.05) is 24.3 Å². The zero-order valence-corrected chi connectivity index (χ0v) is 38.9. The first-order chi connectivity index (χ1) is 21.9. The predicted octanol–water partition coefficient (Wildman–Crippen LogP) is 5.91. The Hall–Kier alpha value is -0.621. The third kappa shape index (κ3) is 12.3. The number of halogens is 5. The molecule has 0 radical (unpaired) electrons. The molecule has 0 bridgehead atoms. The first-order valence-electron chi connectivity index (χ1n) is 12.1. The molecule has 6 rings (SSSR count). The van der Waals surface area contributed by atoms with Crippen LogP contribution in [0.2, 0.25) is 0 Å². The number of imide groups is 2. The van der Waals surface area contributed by atoms with Crippen molar-refractivity contribution in [3.8, 4) is 0 Å². The summed E-state index contributed by atoms with van der Waals surface area (Å²) in [5, 5.41) is 13.3. The number of aromatic amines is 3. The Morgan fingerprint density at radius 2 is 1.08 bits per heavy atom. The number of aromatic nitrogens is 6. The van der Waals surface area contributed by atoms with E-state index in [4.69, 9.17) is 12.2 Å². The average Bonchev–Trinajstić information content (AvgIpc) is 3.40. The quantitative estimate of drug-likeness (QED) is 0.0958. The van der Waals surface area contributed by atoms with Gasteiger partial charge in [0, 0.05) is 0 Å². The van der Waals surface area contributed by atoms with Gasteiger partial charge in [-0.3, -0.25) is 48.6 Å². The number of carbonyl (C=O) groups excluding carboxylic acids is 4. The Morgan fingerprint density at radius 1 is 0.708 bits per heavy atom. The molecule has 2 aliphatic heterocycles. The summed E-state index contributed by atoms with van der Waals surface area (Å²) in [6.07, 6.45) is 1.15. The minimum absolute atomic E-state index is 0. The van der Waals surface area contributed by atoms with Crippen LogP contribution in [0.3, 0.4) is 0 Å². The number of carbonyl (C=O) groups is 4. The van der Waals surface area contributed by atoms with Crippen molar-refractivity contribution in [1.29, 1.82) is 0 Å². The van der Waals surface area contributed by atoms with Crippen molar-refractivity contribution < 1.29 is 33.6 Å². The number of hydrogen-bond donors (Lipinski definition) is 3. The van der Waals surface area contributed by atoms with Gasteiger partial charge in [-0.05, 0) is 36.5 Å². The van der Waals surface area contributed by atoms with Crippen molar-refractivity contribution in [3.05, 3.63) is 129 Å². The number of hydrogen-bond acceptors (Lipinski definition) is 10.